The molecule has 104 valence electrons. The second-order valence-corrected chi connectivity index (χ2v) is 5.84. The minimum absolute atomic E-state index is 0.0765. The van der Waals surface area contributed by atoms with Crippen molar-refractivity contribution >= 4 is 5.78 Å². The molecule has 0 radical (unpaired) electrons. The first-order chi connectivity index (χ1) is 9.24. The first-order valence-electron chi connectivity index (χ1n) is 7.47. The van der Waals surface area contributed by atoms with Gasteiger partial charge in [0.2, 0.25) is 0 Å². The molecule has 1 aromatic heterocycles. The third-order valence-corrected chi connectivity index (χ3v) is 4.75. The van der Waals surface area contributed by atoms with E-state index in [9.17, 15) is 4.79 Å². The van der Waals surface area contributed by atoms with Gasteiger partial charge in [0, 0.05) is 13.0 Å². The zero-order valence-electron chi connectivity index (χ0n) is 11.6. The number of carbonyl (C=O) groups excluding carboxylic acids is 1. The highest BCUT2D eigenvalue weighted by molar-refractivity contribution is 5.92. The molecule has 3 rings (SSSR count). The van der Waals surface area contributed by atoms with Crippen molar-refractivity contribution in [1.29, 1.82) is 0 Å². The molecule has 2 saturated carbocycles. The fourth-order valence-corrected chi connectivity index (χ4v) is 3.47. The number of Topliss-reactive ketones (excluding diaryl/α,β-unsaturated/α-hetero) is 1. The van der Waals surface area contributed by atoms with Crippen LogP contribution >= 0.6 is 0 Å². The number of hydrogen-bond donors (Lipinski definition) is 0. The molecule has 0 N–H and O–H groups in total. The second kappa shape index (κ2) is 4.99. The number of rotatable bonds is 3. The molecule has 1 unspecified atom stereocenters. The van der Waals surface area contributed by atoms with E-state index >= 15 is 0 Å². The van der Waals surface area contributed by atoms with Crippen LogP contribution in [-0.2, 0) is 11.3 Å². The molecule has 2 aliphatic rings. The molecule has 19 heavy (non-hydrogen) atoms. The Hall–Kier alpha value is -1.32. The molecule has 2 aliphatic carbocycles. The lowest BCUT2D eigenvalue weighted by molar-refractivity contribution is -0.154. The van der Waals surface area contributed by atoms with Gasteiger partial charge in [-0.25, -0.2) is 0 Å². The van der Waals surface area contributed by atoms with Gasteiger partial charge in [0.1, 0.15) is 11.9 Å². The van der Waals surface area contributed by atoms with Crippen LogP contribution in [0, 0.1) is 5.41 Å². The highest BCUT2D eigenvalue weighted by atomic mass is 16.5. The van der Waals surface area contributed by atoms with Gasteiger partial charge in [-0.1, -0.05) is 25.7 Å². The van der Waals surface area contributed by atoms with Crippen molar-refractivity contribution in [2.45, 2.75) is 64.5 Å². The zero-order chi connectivity index (χ0) is 13.3. The normalized spacial score (nSPS) is 25.9. The minimum Gasteiger partial charge on any atom is -0.486 e. The molecule has 4 heteroatoms. The maximum atomic E-state index is 12.1. The summed E-state index contributed by atoms with van der Waals surface area (Å²) < 4.78 is 7.90. The molecular weight excluding hydrogens is 240 g/mol. The van der Waals surface area contributed by atoms with E-state index in [4.69, 9.17) is 4.74 Å². The van der Waals surface area contributed by atoms with Crippen LogP contribution in [0.2, 0.25) is 0 Å². The van der Waals surface area contributed by atoms with E-state index in [2.05, 4.69) is 12.0 Å². The molecule has 0 aromatic carbocycles. The van der Waals surface area contributed by atoms with Crippen molar-refractivity contribution in [3.05, 3.63) is 12.4 Å². The Morgan fingerprint density at radius 2 is 2.11 bits per heavy atom. The van der Waals surface area contributed by atoms with Crippen LogP contribution in [-0.4, -0.2) is 21.7 Å². The van der Waals surface area contributed by atoms with Crippen LogP contribution in [0.15, 0.2) is 12.4 Å². The van der Waals surface area contributed by atoms with Crippen molar-refractivity contribution in [2.24, 2.45) is 5.41 Å². The zero-order valence-corrected chi connectivity index (χ0v) is 11.6. The van der Waals surface area contributed by atoms with Gasteiger partial charge in [-0.3, -0.25) is 9.48 Å². The molecule has 1 heterocycles. The van der Waals surface area contributed by atoms with E-state index in [0.29, 0.717) is 12.2 Å². The van der Waals surface area contributed by atoms with Crippen molar-refractivity contribution in [2.75, 3.05) is 0 Å². The molecular formula is C15H22N2O2. The number of aryl methyl sites for hydroxylation is 1. The van der Waals surface area contributed by atoms with Crippen LogP contribution in [0.3, 0.4) is 0 Å². The van der Waals surface area contributed by atoms with Gasteiger partial charge >= 0.3 is 0 Å². The van der Waals surface area contributed by atoms with Gasteiger partial charge in [-0.15, -0.1) is 0 Å². The first kappa shape index (κ1) is 12.7. The van der Waals surface area contributed by atoms with E-state index in [1.54, 1.807) is 6.20 Å². The molecule has 0 bridgehead atoms. The van der Waals surface area contributed by atoms with Crippen LogP contribution in [0.25, 0.3) is 0 Å². The number of aromatic nitrogens is 2. The lowest BCUT2D eigenvalue weighted by atomic mass is 9.60. The quantitative estimate of drug-likeness (QED) is 0.841. The van der Waals surface area contributed by atoms with Crippen LogP contribution in [0.5, 0.6) is 5.75 Å². The van der Waals surface area contributed by atoms with E-state index in [1.165, 1.54) is 25.7 Å². The Kier molecular flexibility index (Phi) is 3.33. The third-order valence-electron chi connectivity index (χ3n) is 4.75. The van der Waals surface area contributed by atoms with Crippen molar-refractivity contribution in [1.82, 2.24) is 9.78 Å². The summed E-state index contributed by atoms with van der Waals surface area (Å²) in [6.07, 6.45) is 11.2. The van der Waals surface area contributed by atoms with Gasteiger partial charge in [-0.05, 0) is 19.8 Å². The monoisotopic (exact) mass is 262 g/mol. The predicted octanol–water partition coefficient (Wildman–Crippen LogP) is 2.96. The Labute approximate surface area is 114 Å². The average Bonchev–Trinajstić information content (AvgIpc) is 2.71. The van der Waals surface area contributed by atoms with Gasteiger partial charge < -0.3 is 4.74 Å². The number of carbonyl (C=O) groups is 1. The third kappa shape index (κ3) is 2.17. The van der Waals surface area contributed by atoms with E-state index in [1.807, 2.05) is 10.9 Å². The number of ketones is 1. The molecule has 2 fully saturated rings. The van der Waals surface area contributed by atoms with Gasteiger partial charge in [-0.2, -0.15) is 5.10 Å². The highest BCUT2D eigenvalue weighted by Gasteiger charge is 2.55. The minimum atomic E-state index is -0.176. The molecule has 4 nitrogen and oxygen atoms in total. The number of ether oxygens (including phenoxy) is 1. The Morgan fingerprint density at radius 1 is 1.37 bits per heavy atom. The molecule has 1 spiro atoms. The SMILES string of the molecule is CCn1cc(OC2CC(=O)C23CCCCCC3)cn1. The number of nitrogens with zero attached hydrogens (tertiary/aromatic N) is 2. The van der Waals surface area contributed by atoms with Gasteiger partial charge in [0.05, 0.1) is 17.8 Å². The van der Waals surface area contributed by atoms with E-state index in [-0.39, 0.29) is 11.5 Å². The van der Waals surface area contributed by atoms with E-state index < -0.39 is 0 Å². The predicted molar refractivity (Wildman–Crippen MR) is 72.1 cm³/mol. The van der Waals surface area contributed by atoms with Crippen molar-refractivity contribution in [3.63, 3.8) is 0 Å². The van der Waals surface area contributed by atoms with Crippen LogP contribution in [0.4, 0.5) is 0 Å². The number of hydrogen-bond acceptors (Lipinski definition) is 3. The van der Waals surface area contributed by atoms with Crippen LogP contribution in [0.1, 0.15) is 51.9 Å². The summed E-state index contributed by atoms with van der Waals surface area (Å²) in [5, 5.41) is 4.22. The second-order valence-electron chi connectivity index (χ2n) is 5.84. The summed E-state index contributed by atoms with van der Waals surface area (Å²) in [5.41, 5.74) is -0.176. The summed E-state index contributed by atoms with van der Waals surface area (Å²) in [7, 11) is 0. The van der Waals surface area contributed by atoms with Crippen LogP contribution < -0.4 is 4.74 Å². The Bertz CT molecular complexity index is 458. The lowest BCUT2D eigenvalue weighted by Gasteiger charge is -2.46. The van der Waals surface area contributed by atoms with E-state index in [0.717, 1.165) is 25.1 Å². The first-order valence-corrected chi connectivity index (χ1v) is 7.47. The fraction of sp³-hybridized carbons (Fsp3) is 0.733. The summed E-state index contributed by atoms with van der Waals surface area (Å²) in [5.74, 6) is 1.23. The molecule has 0 saturated heterocycles. The lowest BCUT2D eigenvalue weighted by Crippen LogP contribution is -2.56. The Morgan fingerprint density at radius 3 is 2.68 bits per heavy atom. The average molecular weight is 262 g/mol. The summed E-state index contributed by atoms with van der Waals surface area (Å²) in [6.45, 7) is 2.90. The smallest absolute Gasteiger partial charge is 0.157 e. The van der Waals surface area contributed by atoms with Gasteiger partial charge in [0.25, 0.3) is 0 Å². The fourth-order valence-electron chi connectivity index (χ4n) is 3.47. The summed E-state index contributed by atoms with van der Waals surface area (Å²) in [4.78, 5) is 12.1. The van der Waals surface area contributed by atoms with Crippen molar-refractivity contribution < 1.29 is 9.53 Å². The van der Waals surface area contributed by atoms with Crippen molar-refractivity contribution in [3.8, 4) is 5.75 Å². The molecule has 1 atom stereocenters. The largest absolute Gasteiger partial charge is 0.486 e. The maximum Gasteiger partial charge on any atom is 0.157 e. The van der Waals surface area contributed by atoms with Gasteiger partial charge in [0.15, 0.2) is 5.75 Å². The topological polar surface area (TPSA) is 44.1 Å². The Balaban J connectivity index is 1.72. The highest BCUT2D eigenvalue weighted by Crippen LogP contribution is 2.49. The maximum absolute atomic E-state index is 12.1. The summed E-state index contributed by atoms with van der Waals surface area (Å²) in [6, 6.07) is 0. The molecule has 1 aromatic rings. The standard InChI is InChI=1S/C15H22N2O2/c1-2-17-11-12(10-16-17)19-14-9-13(18)15(14)7-5-3-4-6-8-15/h10-11,14H,2-9H2,1H3. The summed E-state index contributed by atoms with van der Waals surface area (Å²) >= 11 is 0. The molecule has 0 aliphatic heterocycles. The molecule has 0 amide bonds.